The highest BCUT2D eigenvalue weighted by atomic mass is 79.9. The van der Waals surface area contributed by atoms with Crippen molar-refractivity contribution in [3.8, 4) is 16.5 Å². The van der Waals surface area contributed by atoms with Crippen molar-refractivity contribution in [2.45, 2.75) is 19.8 Å². The zero-order valence-electron chi connectivity index (χ0n) is 10.3. The van der Waals surface area contributed by atoms with Crippen LogP contribution >= 0.6 is 38.9 Å². The summed E-state index contributed by atoms with van der Waals surface area (Å²) in [5, 5.41) is 9.79. The van der Waals surface area contributed by atoms with Crippen LogP contribution in [0.2, 0.25) is 5.02 Å². The largest absolute Gasteiger partial charge is 0.397 e. The van der Waals surface area contributed by atoms with Crippen LogP contribution in [-0.2, 0) is 6.42 Å². The van der Waals surface area contributed by atoms with Crippen molar-refractivity contribution in [1.82, 2.24) is 0 Å². The van der Waals surface area contributed by atoms with Crippen molar-refractivity contribution < 1.29 is 0 Å². The Kier molecular flexibility index (Phi) is 4.51. The van der Waals surface area contributed by atoms with Gasteiger partial charge < -0.3 is 5.73 Å². The molecule has 5 heteroatoms. The Bertz CT molecular complexity index is 658. The lowest BCUT2D eigenvalue weighted by molar-refractivity contribution is 0.930. The first-order valence-corrected chi connectivity index (χ1v) is 7.83. The van der Waals surface area contributed by atoms with Gasteiger partial charge in [-0.15, -0.1) is 11.3 Å². The zero-order chi connectivity index (χ0) is 14.0. The van der Waals surface area contributed by atoms with E-state index in [1.165, 1.54) is 11.3 Å². The second kappa shape index (κ2) is 5.96. The maximum Gasteiger partial charge on any atom is 0.128 e. The van der Waals surface area contributed by atoms with E-state index < -0.39 is 0 Å². The first-order valence-electron chi connectivity index (χ1n) is 5.85. The predicted octanol–water partition coefficient (Wildman–Crippen LogP) is 5.24. The van der Waals surface area contributed by atoms with E-state index >= 15 is 0 Å². The van der Waals surface area contributed by atoms with Gasteiger partial charge >= 0.3 is 0 Å². The minimum atomic E-state index is 0.588. The molecular weight excluding hydrogens is 344 g/mol. The van der Waals surface area contributed by atoms with Gasteiger partial charge in [-0.05, 0) is 45.6 Å². The number of thiophene rings is 1. The molecular formula is C14H12BrClN2S. The molecule has 0 bridgehead atoms. The summed E-state index contributed by atoms with van der Waals surface area (Å²) in [6.07, 6.45) is 1.87. The summed E-state index contributed by atoms with van der Waals surface area (Å²) in [7, 11) is 0. The first-order chi connectivity index (χ1) is 9.08. The molecule has 19 heavy (non-hydrogen) atoms. The molecule has 0 radical (unpaired) electrons. The van der Waals surface area contributed by atoms with Gasteiger partial charge in [0.15, 0.2) is 0 Å². The van der Waals surface area contributed by atoms with E-state index in [2.05, 4.69) is 28.9 Å². The molecule has 0 saturated carbocycles. The van der Waals surface area contributed by atoms with Crippen LogP contribution in [0.3, 0.4) is 0 Å². The van der Waals surface area contributed by atoms with Crippen molar-refractivity contribution in [3.63, 3.8) is 0 Å². The third-order valence-corrected chi connectivity index (χ3v) is 5.25. The summed E-state index contributed by atoms with van der Waals surface area (Å²) >= 11 is 10.9. The fraction of sp³-hybridized carbons (Fsp3) is 0.214. The number of nitrogens with two attached hydrogens (primary N) is 1. The van der Waals surface area contributed by atoms with Gasteiger partial charge in [0.1, 0.15) is 10.9 Å². The minimum Gasteiger partial charge on any atom is -0.397 e. The molecule has 0 fully saturated rings. The summed E-state index contributed by atoms with van der Waals surface area (Å²) in [6.45, 7) is 2.10. The van der Waals surface area contributed by atoms with Crippen molar-refractivity contribution in [3.05, 3.63) is 38.1 Å². The van der Waals surface area contributed by atoms with Crippen LogP contribution in [0.15, 0.2) is 22.7 Å². The monoisotopic (exact) mass is 354 g/mol. The van der Waals surface area contributed by atoms with Gasteiger partial charge in [-0.2, -0.15) is 5.26 Å². The van der Waals surface area contributed by atoms with Crippen LogP contribution < -0.4 is 5.73 Å². The number of benzene rings is 1. The highest BCUT2D eigenvalue weighted by Crippen LogP contribution is 2.40. The highest BCUT2D eigenvalue weighted by molar-refractivity contribution is 9.10. The lowest BCUT2D eigenvalue weighted by Gasteiger charge is -2.05. The quantitative estimate of drug-likeness (QED) is 0.818. The van der Waals surface area contributed by atoms with Crippen LogP contribution in [-0.4, -0.2) is 0 Å². The molecule has 0 amide bonds. The molecule has 1 aromatic heterocycles. The van der Waals surface area contributed by atoms with E-state index in [9.17, 15) is 0 Å². The molecule has 1 heterocycles. The summed E-state index contributed by atoms with van der Waals surface area (Å²) in [5.41, 5.74) is 8.78. The van der Waals surface area contributed by atoms with Crippen molar-refractivity contribution in [2.75, 3.05) is 5.73 Å². The Morgan fingerprint density at radius 2 is 2.21 bits per heavy atom. The average molecular weight is 356 g/mol. The Morgan fingerprint density at radius 3 is 2.79 bits per heavy atom. The van der Waals surface area contributed by atoms with Crippen LogP contribution in [0.5, 0.6) is 0 Å². The van der Waals surface area contributed by atoms with Gasteiger partial charge in [-0.3, -0.25) is 0 Å². The maximum absolute atomic E-state index is 9.12. The third-order valence-electron chi connectivity index (χ3n) is 2.83. The fourth-order valence-corrected chi connectivity index (χ4v) is 3.49. The number of nitriles is 1. The summed E-state index contributed by atoms with van der Waals surface area (Å²) in [5.74, 6) is 0. The second-order valence-electron chi connectivity index (χ2n) is 4.14. The van der Waals surface area contributed by atoms with Crippen LogP contribution in [0, 0.1) is 11.3 Å². The normalized spacial score (nSPS) is 10.4. The number of halogens is 2. The molecule has 0 spiro atoms. The van der Waals surface area contributed by atoms with Gasteiger partial charge in [0.25, 0.3) is 0 Å². The Labute approximate surface area is 129 Å². The topological polar surface area (TPSA) is 49.8 Å². The first kappa shape index (κ1) is 14.4. The molecule has 1 aromatic carbocycles. The van der Waals surface area contributed by atoms with E-state index in [1.54, 1.807) is 0 Å². The van der Waals surface area contributed by atoms with Crippen LogP contribution in [0.1, 0.15) is 23.8 Å². The third kappa shape index (κ3) is 2.79. The molecule has 2 aromatic rings. The van der Waals surface area contributed by atoms with Gasteiger partial charge in [0.05, 0.1) is 10.7 Å². The molecule has 0 aliphatic heterocycles. The van der Waals surface area contributed by atoms with Crippen molar-refractivity contribution >= 4 is 44.6 Å². The molecule has 0 saturated heterocycles. The number of anilines is 1. The predicted molar refractivity (Wildman–Crippen MR) is 85.6 cm³/mol. The van der Waals surface area contributed by atoms with Crippen molar-refractivity contribution in [2.24, 2.45) is 0 Å². The number of hydrogen-bond acceptors (Lipinski definition) is 3. The van der Waals surface area contributed by atoms with Gasteiger partial charge in [-0.25, -0.2) is 0 Å². The molecule has 2 N–H and O–H groups in total. The highest BCUT2D eigenvalue weighted by Gasteiger charge is 2.17. The van der Waals surface area contributed by atoms with Gasteiger partial charge in [0, 0.05) is 9.35 Å². The standard InChI is InChI=1S/C14H12BrClN2S/c1-2-3-9-13(18)12(7-17)19-14(9)8-4-5-11(16)10(15)6-8/h4-6H,2-3,18H2,1H3. The smallest absolute Gasteiger partial charge is 0.128 e. The Morgan fingerprint density at radius 1 is 1.47 bits per heavy atom. The number of rotatable bonds is 3. The Balaban J connectivity index is 2.60. The zero-order valence-corrected chi connectivity index (χ0v) is 13.5. The summed E-state index contributed by atoms with van der Waals surface area (Å²) < 4.78 is 0.847. The number of hydrogen-bond donors (Lipinski definition) is 1. The average Bonchev–Trinajstić information content (AvgIpc) is 2.71. The van der Waals surface area contributed by atoms with Gasteiger partial charge in [0.2, 0.25) is 0 Å². The number of nitrogens with zero attached hydrogens (tertiary/aromatic N) is 1. The van der Waals surface area contributed by atoms with E-state index in [-0.39, 0.29) is 0 Å². The van der Waals surface area contributed by atoms with E-state index in [0.29, 0.717) is 15.6 Å². The lowest BCUT2D eigenvalue weighted by atomic mass is 10.0. The second-order valence-corrected chi connectivity index (χ2v) is 6.43. The van der Waals surface area contributed by atoms with E-state index in [1.807, 2.05) is 18.2 Å². The molecule has 0 aliphatic carbocycles. The molecule has 0 atom stereocenters. The summed E-state index contributed by atoms with van der Waals surface area (Å²) in [4.78, 5) is 1.65. The van der Waals surface area contributed by atoms with Crippen LogP contribution in [0.4, 0.5) is 5.69 Å². The maximum atomic E-state index is 9.12. The fourth-order valence-electron chi connectivity index (χ4n) is 1.93. The Hall–Kier alpha value is -1.02. The molecule has 2 rings (SSSR count). The SMILES string of the molecule is CCCc1c(-c2ccc(Cl)c(Br)c2)sc(C#N)c1N. The molecule has 0 unspecified atom stereocenters. The molecule has 0 aliphatic rings. The van der Waals surface area contributed by atoms with E-state index in [0.717, 1.165) is 33.3 Å². The lowest BCUT2D eigenvalue weighted by Crippen LogP contribution is -1.93. The van der Waals surface area contributed by atoms with Crippen molar-refractivity contribution in [1.29, 1.82) is 5.26 Å². The molecule has 98 valence electrons. The van der Waals surface area contributed by atoms with Gasteiger partial charge in [-0.1, -0.05) is 31.0 Å². The summed E-state index contributed by atoms with van der Waals surface area (Å²) in [6, 6.07) is 7.94. The molecule has 2 nitrogen and oxygen atoms in total. The number of nitrogen functional groups attached to an aromatic ring is 1. The minimum absolute atomic E-state index is 0.588. The van der Waals surface area contributed by atoms with E-state index in [4.69, 9.17) is 22.6 Å². The van der Waals surface area contributed by atoms with Crippen LogP contribution in [0.25, 0.3) is 10.4 Å².